The van der Waals surface area contributed by atoms with Crippen molar-refractivity contribution >= 4 is 15.9 Å². The van der Waals surface area contributed by atoms with Crippen LogP contribution in [0.2, 0.25) is 0 Å². The fourth-order valence-corrected chi connectivity index (χ4v) is 2.61. The molecular weight excluding hydrogens is 304 g/mol. The number of alkyl halides is 2. The first-order valence-electron chi connectivity index (χ1n) is 5.93. The number of nitrogens with zero attached hydrogens (tertiary/aromatic N) is 1. The summed E-state index contributed by atoms with van der Waals surface area (Å²) in [6.07, 6.45) is 0.548. The van der Waals surface area contributed by atoms with E-state index in [1.807, 2.05) is 18.2 Å². The average Bonchev–Trinajstić information content (AvgIpc) is 2.30. The monoisotopic (exact) mass is 319 g/mol. The lowest BCUT2D eigenvalue weighted by Crippen LogP contribution is -2.42. The van der Waals surface area contributed by atoms with Crippen molar-refractivity contribution in [3.05, 3.63) is 28.2 Å². The van der Waals surface area contributed by atoms with Crippen molar-refractivity contribution in [2.45, 2.75) is 25.3 Å². The van der Waals surface area contributed by atoms with Gasteiger partial charge in [0.15, 0.2) is 0 Å². The van der Waals surface area contributed by atoms with Crippen LogP contribution in [0.5, 0.6) is 5.75 Å². The van der Waals surface area contributed by atoms with Crippen LogP contribution in [0.1, 0.15) is 18.4 Å². The SMILES string of the molecule is COc1cc(Br)ccc1CN1CCCC(F)(F)C1. The van der Waals surface area contributed by atoms with Crippen molar-refractivity contribution in [3.63, 3.8) is 0 Å². The van der Waals surface area contributed by atoms with Gasteiger partial charge >= 0.3 is 0 Å². The van der Waals surface area contributed by atoms with Crippen LogP contribution in [-0.4, -0.2) is 31.0 Å². The molecule has 1 aliphatic heterocycles. The third-order valence-electron chi connectivity index (χ3n) is 3.11. The van der Waals surface area contributed by atoms with E-state index >= 15 is 0 Å². The van der Waals surface area contributed by atoms with Gasteiger partial charge in [0.05, 0.1) is 13.7 Å². The first-order chi connectivity index (χ1) is 8.50. The van der Waals surface area contributed by atoms with Gasteiger partial charge in [-0.3, -0.25) is 4.90 Å². The quantitative estimate of drug-likeness (QED) is 0.842. The summed E-state index contributed by atoms with van der Waals surface area (Å²) < 4.78 is 32.8. The van der Waals surface area contributed by atoms with Gasteiger partial charge in [-0.1, -0.05) is 22.0 Å². The Balaban J connectivity index is 2.09. The molecule has 1 heterocycles. The highest BCUT2D eigenvalue weighted by atomic mass is 79.9. The van der Waals surface area contributed by atoms with E-state index in [0.29, 0.717) is 13.0 Å². The summed E-state index contributed by atoms with van der Waals surface area (Å²) in [7, 11) is 1.59. The normalized spacial score (nSPS) is 19.8. The van der Waals surface area contributed by atoms with E-state index < -0.39 is 5.92 Å². The van der Waals surface area contributed by atoms with Crippen LogP contribution >= 0.6 is 15.9 Å². The highest BCUT2D eigenvalue weighted by Gasteiger charge is 2.35. The first kappa shape index (κ1) is 13.7. The maximum Gasteiger partial charge on any atom is 0.260 e. The van der Waals surface area contributed by atoms with Gasteiger partial charge in [0.25, 0.3) is 5.92 Å². The predicted octanol–water partition coefficient (Wildman–Crippen LogP) is 3.69. The maximum atomic E-state index is 13.3. The smallest absolute Gasteiger partial charge is 0.260 e. The highest BCUT2D eigenvalue weighted by molar-refractivity contribution is 9.10. The van der Waals surface area contributed by atoms with Crippen LogP contribution in [0.3, 0.4) is 0 Å². The summed E-state index contributed by atoms with van der Waals surface area (Å²) in [5, 5.41) is 0. The molecule has 1 fully saturated rings. The van der Waals surface area contributed by atoms with Gasteiger partial charge in [-0.05, 0) is 25.1 Å². The zero-order chi connectivity index (χ0) is 13.2. The van der Waals surface area contributed by atoms with Gasteiger partial charge in [-0.15, -0.1) is 0 Å². The molecule has 0 atom stereocenters. The van der Waals surface area contributed by atoms with E-state index in [4.69, 9.17) is 4.74 Å². The molecule has 0 aromatic heterocycles. The molecule has 1 aliphatic rings. The minimum absolute atomic E-state index is 0.000965. The second-order valence-electron chi connectivity index (χ2n) is 4.63. The van der Waals surface area contributed by atoms with Gasteiger partial charge in [-0.2, -0.15) is 0 Å². The van der Waals surface area contributed by atoms with E-state index in [0.717, 1.165) is 22.3 Å². The van der Waals surface area contributed by atoms with E-state index in [1.54, 1.807) is 12.0 Å². The van der Waals surface area contributed by atoms with Crippen molar-refractivity contribution in [3.8, 4) is 5.75 Å². The van der Waals surface area contributed by atoms with Crippen LogP contribution in [-0.2, 0) is 6.54 Å². The Bertz CT molecular complexity index is 425. The Morgan fingerprint density at radius 2 is 2.22 bits per heavy atom. The van der Waals surface area contributed by atoms with E-state index in [-0.39, 0.29) is 13.0 Å². The highest BCUT2D eigenvalue weighted by Crippen LogP contribution is 2.30. The molecule has 0 aliphatic carbocycles. The molecule has 0 radical (unpaired) electrons. The number of piperidine rings is 1. The van der Waals surface area contributed by atoms with Crippen LogP contribution in [0.25, 0.3) is 0 Å². The van der Waals surface area contributed by atoms with Crippen molar-refractivity contribution < 1.29 is 13.5 Å². The zero-order valence-corrected chi connectivity index (χ0v) is 11.8. The van der Waals surface area contributed by atoms with Gasteiger partial charge in [0, 0.05) is 23.0 Å². The maximum absolute atomic E-state index is 13.3. The minimum atomic E-state index is -2.55. The number of hydrogen-bond donors (Lipinski definition) is 0. The summed E-state index contributed by atoms with van der Waals surface area (Å²) in [5.41, 5.74) is 0.943. The van der Waals surface area contributed by atoms with Gasteiger partial charge in [-0.25, -0.2) is 8.78 Å². The van der Waals surface area contributed by atoms with Gasteiger partial charge in [0.1, 0.15) is 5.75 Å². The molecule has 0 saturated carbocycles. The number of ether oxygens (including phenoxy) is 1. The van der Waals surface area contributed by atoms with Crippen molar-refractivity contribution in [2.75, 3.05) is 20.2 Å². The molecule has 2 rings (SSSR count). The summed E-state index contributed by atoms with van der Waals surface area (Å²) in [4.78, 5) is 1.79. The molecule has 100 valence electrons. The summed E-state index contributed by atoms with van der Waals surface area (Å²) in [6.45, 7) is 1.06. The molecule has 0 amide bonds. The van der Waals surface area contributed by atoms with E-state index in [2.05, 4.69) is 15.9 Å². The third kappa shape index (κ3) is 3.42. The second-order valence-corrected chi connectivity index (χ2v) is 5.54. The molecule has 0 unspecified atom stereocenters. The number of benzene rings is 1. The number of rotatable bonds is 3. The topological polar surface area (TPSA) is 12.5 Å². The molecule has 1 aromatic carbocycles. The summed E-state index contributed by atoms with van der Waals surface area (Å²) in [5.74, 6) is -1.82. The minimum Gasteiger partial charge on any atom is -0.496 e. The van der Waals surface area contributed by atoms with Crippen molar-refractivity contribution in [2.24, 2.45) is 0 Å². The lowest BCUT2D eigenvalue weighted by Gasteiger charge is -2.32. The Hall–Kier alpha value is -0.680. The number of hydrogen-bond acceptors (Lipinski definition) is 2. The Morgan fingerprint density at radius 3 is 2.89 bits per heavy atom. The lowest BCUT2D eigenvalue weighted by molar-refractivity contribution is -0.0662. The van der Waals surface area contributed by atoms with Gasteiger partial charge < -0.3 is 4.74 Å². The van der Waals surface area contributed by atoms with E-state index in [1.165, 1.54) is 0 Å². The van der Waals surface area contributed by atoms with Crippen LogP contribution < -0.4 is 4.74 Å². The fraction of sp³-hybridized carbons (Fsp3) is 0.538. The summed E-state index contributed by atoms with van der Waals surface area (Å²) in [6, 6.07) is 5.67. The lowest BCUT2D eigenvalue weighted by atomic mass is 10.1. The second kappa shape index (κ2) is 5.53. The standard InChI is InChI=1S/C13H16BrF2NO/c1-18-12-7-11(14)4-3-10(12)8-17-6-2-5-13(15,16)9-17/h3-4,7H,2,5-6,8-9H2,1H3. The zero-order valence-electron chi connectivity index (χ0n) is 10.3. The largest absolute Gasteiger partial charge is 0.496 e. The molecule has 0 bridgehead atoms. The summed E-state index contributed by atoms with van der Waals surface area (Å²) >= 11 is 3.37. The van der Waals surface area contributed by atoms with Crippen LogP contribution in [0.4, 0.5) is 8.78 Å². The first-order valence-corrected chi connectivity index (χ1v) is 6.72. The Labute approximate surface area is 114 Å². The molecule has 0 spiro atoms. The van der Waals surface area contributed by atoms with Crippen molar-refractivity contribution in [1.82, 2.24) is 4.90 Å². The number of likely N-dealkylation sites (tertiary alicyclic amines) is 1. The molecule has 18 heavy (non-hydrogen) atoms. The van der Waals surface area contributed by atoms with Gasteiger partial charge in [0.2, 0.25) is 0 Å². The predicted molar refractivity (Wildman–Crippen MR) is 70.2 cm³/mol. The molecule has 1 saturated heterocycles. The number of halogens is 3. The fourth-order valence-electron chi connectivity index (χ4n) is 2.27. The Morgan fingerprint density at radius 1 is 1.44 bits per heavy atom. The number of methoxy groups -OCH3 is 1. The molecule has 2 nitrogen and oxygen atoms in total. The molecular formula is C13H16BrF2NO. The van der Waals surface area contributed by atoms with Crippen LogP contribution in [0.15, 0.2) is 22.7 Å². The molecule has 1 aromatic rings. The molecule has 5 heteroatoms. The van der Waals surface area contributed by atoms with E-state index in [9.17, 15) is 8.78 Å². The van der Waals surface area contributed by atoms with Crippen molar-refractivity contribution in [1.29, 1.82) is 0 Å². The Kier molecular flexibility index (Phi) is 4.22. The third-order valence-corrected chi connectivity index (χ3v) is 3.61. The average molecular weight is 320 g/mol. The molecule has 0 N–H and O–H groups in total. The van der Waals surface area contributed by atoms with Crippen LogP contribution in [0, 0.1) is 0 Å².